The highest BCUT2D eigenvalue weighted by Crippen LogP contribution is 2.38. The Morgan fingerprint density at radius 2 is 1.45 bits per heavy atom. The van der Waals surface area contributed by atoms with Crippen molar-refractivity contribution in [2.24, 2.45) is 0 Å². The molecule has 0 radical (unpaired) electrons. The number of sulfonamides is 1. The fourth-order valence-corrected chi connectivity index (χ4v) is 3.71. The zero-order valence-electron chi connectivity index (χ0n) is 14.6. The molecule has 0 amide bonds. The summed E-state index contributed by atoms with van der Waals surface area (Å²) in [5.74, 6) is -9.51. The Morgan fingerprint density at radius 3 is 2.03 bits per heavy atom. The number of hydrogen-bond donors (Lipinski definition) is 1. The molecule has 0 saturated heterocycles. The van der Waals surface area contributed by atoms with Crippen LogP contribution in [0.3, 0.4) is 0 Å². The van der Waals surface area contributed by atoms with Crippen molar-refractivity contribution in [1.29, 1.82) is 0 Å². The molecule has 0 aromatic heterocycles. The van der Waals surface area contributed by atoms with E-state index in [1.54, 1.807) is 4.72 Å². The SMILES string of the molecule is COc1ccc(-c2c(F)c(F)c(F)c(F)c2NS(=O)(=O)c2ccccc2)cc1F. The Balaban J connectivity index is 2.25. The molecular formula is C19H12F5NO3S. The van der Waals surface area contributed by atoms with Gasteiger partial charge in [-0.25, -0.2) is 30.4 Å². The topological polar surface area (TPSA) is 55.4 Å². The molecule has 0 aliphatic rings. The van der Waals surface area contributed by atoms with Gasteiger partial charge in [0.1, 0.15) is 0 Å². The summed E-state index contributed by atoms with van der Waals surface area (Å²) in [4.78, 5) is -0.337. The predicted octanol–water partition coefficient (Wildman–Crippen LogP) is 4.86. The maximum Gasteiger partial charge on any atom is 0.262 e. The third-order valence-electron chi connectivity index (χ3n) is 4.00. The van der Waals surface area contributed by atoms with E-state index in [0.29, 0.717) is 6.07 Å². The van der Waals surface area contributed by atoms with E-state index in [9.17, 15) is 30.4 Å². The lowest BCUT2D eigenvalue weighted by Gasteiger charge is -2.16. The molecule has 0 aliphatic heterocycles. The standard InChI is InChI=1S/C19H12F5NO3S/c1-28-13-8-7-10(9-12(13)20)14-15(21)16(22)17(23)18(24)19(14)25-29(26,27)11-5-3-2-4-6-11/h2-9,25H,1H3. The molecule has 0 spiro atoms. The molecule has 29 heavy (non-hydrogen) atoms. The number of anilines is 1. The van der Waals surface area contributed by atoms with Gasteiger partial charge in [-0.05, 0) is 29.8 Å². The highest BCUT2D eigenvalue weighted by atomic mass is 32.2. The molecule has 0 fully saturated rings. The van der Waals surface area contributed by atoms with E-state index in [0.717, 1.165) is 31.4 Å². The van der Waals surface area contributed by atoms with E-state index in [-0.39, 0.29) is 10.6 Å². The van der Waals surface area contributed by atoms with Crippen molar-refractivity contribution in [3.05, 3.63) is 77.6 Å². The summed E-state index contributed by atoms with van der Waals surface area (Å²) < 4.78 is 102. The van der Waals surface area contributed by atoms with E-state index < -0.39 is 55.9 Å². The van der Waals surface area contributed by atoms with Gasteiger partial charge < -0.3 is 4.74 Å². The first kappa shape index (κ1) is 20.6. The number of rotatable bonds is 5. The van der Waals surface area contributed by atoms with Crippen LogP contribution in [0.15, 0.2) is 53.4 Å². The van der Waals surface area contributed by atoms with Crippen LogP contribution >= 0.6 is 0 Å². The number of benzene rings is 3. The van der Waals surface area contributed by atoms with Crippen molar-refractivity contribution in [2.45, 2.75) is 4.90 Å². The Morgan fingerprint density at radius 1 is 0.828 bits per heavy atom. The fraction of sp³-hybridized carbons (Fsp3) is 0.0526. The summed E-state index contributed by atoms with van der Waals surface area (Å²) in [5, 5.41) is 0. The molecule has 10 heteroatoms. The summed E-state index contributed by atoms with van der Waals surface area (Å²) in [6.07, 6.45) is 0. The maximum absolute atomic E-state index is 14.5. The number of ether oxygens (including phenoxy) is 1. The van der Waals surface area contributed by atoms with Crippen LogP contribution in [0.5, 0.6) is 5.75 Å². The first-order valence-corrected chi connectivity index (χ1v) is 9.43. The second-order valence-electron chi connectivity index (χ2n) is 5.77. The van der Waals surface area contributed by atoms with Crippen molar-refractivity contribution in [3.63, 3.8) is 0 Å². The molecule has 0 atom stereocenters. The molecular weight excluding hydrogens is 417 g/mol. The average Bonchev–Trinajstić information content (AvgIpc) is 2.71. The predicted molar refractivity (Wildman–Crippen MR) is 95.5 cm³/mol. The van der Waals surface area contributed by atoms with Gasteiger partial charge in [0.05, 0.1) is 17.7 Å². The second-order valence-corrected chi connectivity index (χ2v) is 7.46. The van der Waals surface area contributed by atoms with Crippen LogP contribution < -0.4 is 9.46 Å². The molecule has 1 N–H and O–H groups in total. The summed E-state index contributed by atoms with van der Waals surface area (Å²) in [7, 11) is -3.34. The normalized spacial score (nSPS) is 11.4. The number of methoxy groups -OCH3 is 1. The Bertz CT molecular complexity index is 1180. The van der Waals surface area contributed by atoms with Crippen LogP contribution in [0.2, 0.25) is 0 Å². The highest BCUT2D eigenvalue weighted by molar-refractivity contribution is 7.92. The van der Waals surface area contributed by atoms with Gasteiger partial charge in [-0.2, -0.15) is 0 Å². The van der Waals surface area contributed by atoms with Crippen molar-refractivity contribution in [1.82, 2.24) is 0 Å². The van der Waals surface area contributed by atoms with Crippen LogP contribution in [-0.2, 0) is 10.0 Å². The smallest absolute Gasteiger partial charge is 0.262 e. The second kappa shape index (κ2) is 7.70. The largest absolute Gasteiger partial charge is 0.494 e. The first-order chi connectivity index (χ1) is 13.7. The van der Waals surface area contributed by atoms with Crippen LogP contribution in [-0.4, -0.2) is 15.5 Å². The zero-order valence-corrected chi connectivity index (χ0v) is 15.5. The number of halogens is 5. The molecule has 3 aromatic carbocycles. The molecule has 4 nitrogen and oxygen atoms in total. The molecule has 3 rings (SSSR count). The average molecular weight is 429 g/mol. The lowest BCUT2D eigenvalue weighted by molar-refractivity contribution is 0.386. The molecule has 0 bridgehead atoms. The molecule has 3 aromatic rings. The van der Waals surface area contributed by atoms with Gasteiger partial charge in [-0.15, -0.1) is 0 Å². The monoisotopic (exact) mass is 429 g/mol. The van der Waals surface area contributed by atoms with Gasteiger partial charge in [0.25, 0.3) is 10.0 Å². The Labute approximate surface area is 162 Å². The minimum absolute atomic E-state index is 0.247. The molecule has 0 saturated carbocycles. The van der Waals surface area contributed by atoms with Crippen LogP contribution in [0.1, 0.15) is 0 Å². The summed E-state index contributed by atoms with van der Waals surface area (Å²) >= 11 is 0. The van der Waals surface area contributed by atoms with Crippen molar-refractivity contribution >= 4 is 15.7 Å². The molecule has 0 aliphatic carbocycles. The summed E-state index contributed by atoms with van der Waals surface area (Å²) in [6, 6.07) is 9.33. The first-order valence-electron chi connectivity index (χ1n) is 7.95. The highest BCUT2D eigenvalue weighted by Gasteiger charge is 2.29. The number of nitrogens with one attached hydrogen (secondary N) is 1. The van der Waals surface area contributed by atoms with E-state index in [4.69, 9.17) is 4.74 Å². The van der Waals surface area contributed by atoms with Crippen LogP contribution in [0, 0.1) is 29.1 Å². The van der Waals surface area contributed by atoms with E-state index in [2.05, 4.69) is 0 Å². The van der Waals surface area contributed by atoms with Gasteiger partial charge in [-0.3, -0.25) is 4.72 Å². The minimum atomic E-state index is -4.50. The van der Waals surface area contributed by atoms with Gasteiger partial charge in [0.2, 0.25) is 0 Å². The minimum Gasteiger partial charge on any atom is -0.494 e. The Kier molecular flexibility index (Phi) is 5.47. The van der Waals surface area contributed by atoms with Gasteiger partial charge in [-0.1, -0.05) is 24.3 Å². The van der Waals surface area contributed by atoms with Crippen LogP contribution in [0.25, 0.3) is 11.1 Å². The lowest BCUT2D eigenvalue weighted by Crippen LogP contribution is -2.17. The maximum atomic E-state index is 14.5. The van der Waals surface area contributed by atoms with Gasteiger partial charge in [0, 0.05) is 5.56 Å². The quantitative estimate of drug-likeness (QED) is 0.358. The third-order valence-corrected chi connectivity index (χ3v) is 5.36. The van der Waals surface area contributed by atoms with Crippen molar-refractivity contribution in [3.8, 4) is 16.9 Å². The lowest BCUT2D eigenvalue weighted by atomic mass is 10.0. The van der Waals surface area contributed by atoms with Crippen molar-refractivity contribution in [2.75, 3.05) is 11.8 Å². The zero-order chi connectivity index (χ0) is 21.3. The summed E-state index contributed by atoms with van der Waals surface area (Å²) in [5.41, 5.74) is -2.64. The van der Waals surface area contributed by atoms with Gasteiger partial charge in [0.15, 0.2) is 34.8 Å². The van der Waals surface area contributed by atoms with Gasteiger partial charge >= 0.3 is 0 Å². The van der Waals surface area contributed by atoms with E-state index >= 15 is 0 Å². The fourth-order valence-electron chi connectivity index (χ4n) is 2.61. The van der Waals surface area contributed by atoms with E-state index in [1.165, 1.54) is 18.2 Å². The molecule has 152 valence electrons. The molecule has 0 unspecified atom stereocenters. The van der Waals surface area contributed by atoms with Crippen molar-refractivity contribution < 1.29 is 35.1 Å². The van der Waals surface area contributed by atoms with E-state index in [1.807, 2.05) is 0 Å². The number of hydrogen-bond acceptors (Lipinski definition) is 3. The third kappa shape index (κ3) is 3.75. The van der Waals surface area contributed by atoms with Crippen LogP contribution in [0.4, 0.5) is 27.6 Å². The molecule has 0 heterocycles. The summed E-state index contributed by atoms with van der Waals surface area (Å²) in [6.45, 7) is 0. The Hall–Kier alpha value is -3.14.